The van der Waals surface area contributed by atoms with E-state index in [1.807, 2.05) is 0 Å². The van der Waals surface area contributed by atoms with Crippen molar-refractivity contribution in [3.8, 4) is 11.5 Å². The van der Waals surface area contributed by atoms with Crippen LogP contribution in [0.5, 0.6) is 11.5 Å². The van der Waals surface area contributed by atoms with Crippen molar-refractivity contribution in [1.82, 2.24) is 14.2 Å². The first-order chi connectivity index (χ1) is 17.6. The SMILES string of the molecule is CC(OP(=O)(N1CC1)N1CC1)c1ccc([N+](=O)[O-])c(Oc2cccc(C(=O)N3CCS(=O)(=O)CC3)c2)c1. The van der Waals surface area contributed by atoms with E-state index in [4.69, 9.17) is 9.26 Å². The number of carbonyl (C=O) groups excluding carboxylic acids is 1. The Hall–Kier alpha value is -2.83. The summed E-state index contributed by atoms with van der Waals surface area (Å²) in [5.41, 5.74) is 0.575. The lowest BCUT2D eigenvalue weighted by Crippen LogP contribution is -2.43. The normalized spacial score (nSPS) is 20.3. The molecule has 2 aromatic rings. The highest BCUT2D eigenvalue weighted by Crippen LogP contribution is 2.63. The third-order valence-electron chi connectivity index (χ3n) is 6.45. The Balaban J connectivity index is 1.36. The molecule has 1 atom stereocenters. The number of hydrogen-bond acceptors (Lipinski definition) is 8. The van der Waals surface area contributed by atoms with Gasteiger partial charge in [-0.2, -0.15) is 0 Å². The molecule has 0 aromatic heterocycles. The fourth-order valence-corrected chi connectivity index (χ4v) is 7.66. The van der Waals surface area contributed by atoms with E-state index in [0.29, 0.717) is 31.7 Å². The third-order valence-corrected chi connectivity index (χ3v) is 10.9. The number of nitrogens with zero attached hydrogens (tertiary/aromatic N) is 4. The number of amides is 1. The summed E-state index contributed by atoms with van der Waals surface area (Å²) < 4.78 is 52.2. The second-order valence-corrected chi connectivity index (χ2v) is 13.8. The van der Waals surface area contributed by atoms with Crippen molar-refractivity contribution in [1.29, 1.82) is 0 Å². The number of ether oxygens (including phenoxy) is 1. The van der Waals surface area contributed by atoms with Crippen LogP contribution in [-0.2, 0) is 18.9 Å². The van der Waals surface area contributed by atoms with Crippen molar-refractivity contribution in [2.24, 2.45) is 0 Å². The minimum Gasteiger partial charge on any atom is -0.450 e. The first-order valence-corrected chi connectivity index (χ1v) is 15.3. The minimum absolute atomic E-state index is 0.0418. The van der Waals surface area contributed by atoms with Gasteiger partial charge in [0.2, 0.25) is 5.75 Å². The van der Waals surface area contributed by atoms with Gasteiger partial charge in [-0.1, -0.05) is 6.07 Å². The topological polar surface area (TPSA) is 139 Å². The molecular weight excluding hydrogens is 523 g/mol. The van der Waals surface area contributed by atoms with E-state index in [9.17, 15) is 27.9 Å². The van der Waals surface area contributed by atoms with Crippen molar-refractivity contribution in [2.45, 2.75) is 13.0 Å². The Labute approximate surface area is 214 Å². The lowest BCUT2D eigenvalue weighted by molar-refractivity contribution is -0.385. The lowest BCUT2D eigenvalue weighted by atomic mass is 10.1. The van der Waals surface area contributed by atoms with Gasteiger partial charge in [0.15, 0.2) is 9.84 Å². The van der Waals surface area contributed by atoms with E-state index in [0.717, 1.165) is 0 Å². The molecule has 0 bridgehead atoms. The molecule has 0 radical (unpaired) electrons. The molecule has 198 valence electrons. The first kappa shape index (κ1) is 25.8. The van der Waals surface area contributed by atoms with Crippen LogP contribution in [0.25, 0.3) is 0 Å². The highest BCUT2D eigenvalue weighted by molar-refractivity contribution is 7.91. The zero-order valence-electron chi connectivity index (χ0n) is 20.2. The Morgan fingerprint density at radius 2 is 1.68 bits per heavy atom. The van der Waals surface area contributed by atoms with Gasteiger partial charge >= 0.3 is 13.4 Å². The van der Waals surface area contributed by atoms with Gasteiger partial charge in [-0.25, -0.2) is 17.8 Å². The van der Waals surface area contributed by atoms with Crippen LogP contribution >= 0.6 is 7.67 Å². The maximum atomic E-state index is 13.4. The molecule has 37 heavy (non-hydrogen) atoms. The van der Waals surface area contributed by atoms with E-state index in [1.54, 1.807) is 40.5 Å². The van der Waals surface area contributed by atoms with Crippen molar-refractivity contribution in [3.05, 3.63) is 63.7 Å². The van der Waals surface area contributed by atoms with Gasteiger partial charge in [-0.3, -0.25) is 24.0 Å². The molecule has 3 heterocycles. The summed E-state index contributed by atoms with van der Waals surface area (Å²) >= 11 is 0. The molecule has 0 saturated carbocycles. The van der Waals surface area contributed by atoms with Crippen LogP contribution in [0, 0.1) is 10.1 Å². The third kappa shape index (κ3) is 5.70. The fourth-order valence-electron chi connectivity index (χ4n) is 4.11. The van der Waals surface area contributed by atoms with Crippen LogP contribution in [-0.4, -0.2) is 84.3 Å². The van der Waals surface area contributed by atoms with Gasteiger partial charge in [0.25, 0.3) is 5.91 Å². The number of rotatable bonds is 9. The number of sulfone groups is 1. The quantitative estimate of drug-likeness (QED) is 0.198. The Kier molecular flexibility index (Phi) is 6.84. The van der Waals surface area contributed by atoms with Gasteiger partial charge in [0.1, 0.15) is 5.75 Å². The second-order valence-electron chi connectivity index (χ2n) is 9.20. The highest BCUT2D eigenvalue weighted by atomic mass is 32.2. The Bertz CT molecular complexity index is 1360. The van der Waals surface area contributed by atoms with E-state index in [-0.39, 0.29) is 53.3 Å². The van der Waals surface area contributed by atoms with Crippen LogP contribution in [0.1, 0.15) is 28.9 Å². The summed E-state index contributed by atoms with van der Waals surface area (Å²) in [4.78, 5) is 25.5. The van der Waals surface area contributed by atoms with Crippen LogP contribution < -0.4 is 4.74 Å². The molecule has 1 unspecified atom stereocenters. The monoisotopic (exact) mass is 550 g/mol. The molecule has 3 aliphatic heterocycles. The Morgan fingerprint density at radius 3 is 2.27 bits per heavy atom. The summed E-state index contributed by atoms with van der Waals surface area (Å²) in [6, 6.07) is 10.6. The highest BCUT2D eigenvalue weighted by Gasteiger charge is 2.50. The Morgan fingerprint density at radius 1 is 1.03 bits per heavy atom. The first-order valence-electron chi connectivity index (χ1n) is 11.9. The van der Waals surface area contributed by atoms with Crippen molar-refractivity contribution in [3.63, 3.8) is 0 Å². The molecule has 2 aromatic carbocycles. The molecule has 3 fully saturated rings. The minimum atomic E-state index is -3.13. The van der Waals surface area contributed by atoms with Gasteiger partial charge in [0, 0.05) is 50.9 Å². The van der Waals surface area contributed by atoms with Crippen LogP contribution in [0.3, 0.4) is 0 Å². The average Bonchev–Trinajstić information content (AvgIpc) is 3.76. The largest absolute Gasteiger partial charge is 0.450 e. The van der Waals surface area contributed by atoms with Gasteiger partial charge in [-0.15, -0.1) is 0 Å². The van der Waals surface area contributed by atoms with Gasteiger partial charge < -0.3 is 9.64 Å². The molecule has 0 spiro atoms. The standard InChI is InChI=1S/C23H27N4O8PS/c1-17(35-36(31,25-7-8-25)26-9-10-26)18-5-6-21(27(29)30)22(16-18)34-20-4-2-3-19(15-20)23(28)24-11-13-37(32,33)14-12-24/h2-6,15-17H,7-14H2,1H3. The summed E-state index contributed by atoms with van der Waals surface area (Å²) in [5.74, 6) is -0.345. The van der Waals surface area contributed by atoms with Crippen LogP contribution in [0.4, 0.5) is 5.69 Å². The maximum Gasteiger partial charge on any atom is 0.346 e. The number of carbonyl (C=O) groups is 1. The molecule has 3 aliphatic rings. The van der Waals surface area contributed by atoms with Crippen molar-refractivity contribution in [2.75, 3.05) is 50.8 Å². The van der Waals surface area contributed by atoms with Gasteiger partial charge in [0.05, 0.1) is 22.5 Å². The molecule has 14 heteroatoms. The zero-order chi connectivity index (χ0) is 26.4. The molecule has 0 aliphatic carbocycles. The second kappa shape index (κ2) is 9.80. The molecule has 0 N–H and O–H groups in total. The average molecular weight is 551 g/mol. The maximum absolute atomic E-state index is 13.4. The molecular formula is C23H27N4O8PS. The van der Waals surface area contributed by atoms with Gasteiger partial charge in [-0.05, 0) is 42.8 Å². The molecule has 5 rings (SSSR count). The number of hydrogen-bond donors (Lipinski definition) is 0. The number of benzene rings is 2. The van der Waals surface area contributed by atoms with E-state index >= 15 is 0 Å². The summed E-state index contributed by atoms with van der Waals surface area (Å²) in [6.07, 6.45) is -0.613. The lowest BCUT2D eigenvalue weighted by Gasteiger charge is -2.26. The predicted octanol–water partition coefficient (Wildman–Crippen LogP) is 3.07. The van der Waals surface area contributed by atoms with Crippen molar-refractivity contribution < 1.29 is 32.0 Å². The fraction of sp³-hybridized carbons (Fsp3) is 0.435. The van der Waals surface area contributed by atoms with Crippen LogP contribution in [0.2, 0.25) is 0 Å². The summed E-state index contributed by atoms with van der Waals surface area (Å²) in [7, 11) is -6.24. The molecule has 12 nitrogen and oxygen atoms in total. The van der Waals surface area contributed by atoms with E-state index < -0.39 is 28.5 Å². The number of nitro groups is 1. The van der Waals surface area contributed by atoms with E-state index in [1.165, 1.54) is 23.1 Å². The van der Waals surface area contributed by atoms with Crippen LogP contribution in [0.15, 0.2) is 42.5 Å². The molecule has 3 saturated heterocycles. The van der Waals surface area contributed by atoms with Crippen molar-refractivity contribution >= 4 is 29.1 Å². The van der Waals surface area contributed by atoms with E-state index in [2.05, 4.69) is 0 Å². The predicted molar refractivity (Wildman–Crippen MR) is 134 cm³/mol. The zero-order valence-corrected chi connectivity index (χ0v) is 21.9. The summed E-state index contributed by atoms with van der Waals surface area (Å²) in [5, 5.41) is 11.7. The summed E-state index contributed by atoms with van der Waals surface area (Å²) in [6.45, 7) is 4.78. The smallest absolute Gasteiger partial charge is 0.346 e. The number of nitro benzene ring substituents is 1. The molecule has 1 amide bonds.